The molecule has 0 saturated carbocycles. The van der Waals surface area contributed by atoms with E-state index in [-0.39, 0.29) is 0 Å². The number of pyridine rings is 1. The molecule has 0 aliphatic carbocycles. The van der Waals surface area contributed by atoms with Gasteiger partial charge in [0, 0.05) is 29.7 Å². The molecule has 0 aliphatic heterocycles. The average Bonchev–Trinajstić information content (AvgIpc) is 2.19. The zero-order chi connectivity index (χ0) is 9.52. The van der Waals surface area contributed by atoms with Gasteiger partial charge in [-0.05, 0) is 19.7 Å². The first-order chi connectivity index (χ1) is 6.38. The molecule has 1 rings (SSSR count). The Balaban J connectivity index is 3.03. The predicted octanol–water partition coefficient (Wildman–Crippen LogP) is 2.70. The maximum atomic E-state index is 4.03. The normalized spacial score (nSPS) is 11.9. The Labute approximate surface area is 78.4 Å². The summed E-state index contributed by atoms with van der Waals surface area (Å²) < 4.78 is 0. The minimum atomic E-state index is 1.02. The van der Waals surface area contributed by atoms with Gasteiger partial charge in [-0.25, -0.2) is 0 Å². The highest BCUT2D eigenvalue weighted by Gasteiger charge is 1.94. The smallest absolute Gasteiger partial charge is 0.0346 e. The van der Waals surface area contributed by atoms with E-state index in [1.165, 1.54) is 0 Å². The highest BCUT2D eigenvalue weighted by Crippen LogP contribution is 2.13. The summed E-state index contributed by atoms with van der Waals surface area (Å²) in [5.41, 5.74) is 2.07. The van der Waals surface area contributed by atoms with Crippen LogP contribution in [0.15, 0.2) is 47.9 Å². The number of nitrogens with zero attached hydrogens (tertiary/aromatic N) is 2. The molecule has 0 aromatic carbocycles. The summed E-state index contributed by atoms with van der Waals surface area (Å²) in [6.45, 7) is 5.39. The fraction of sp³-hybridized carbons (Fsp3) is 0.0909. The monoisotopic (exact) mass is 172 g/mol. The number of aromatic nitrogens is 1. The lowest BCUT2D eigenvalue weighted by Gasteiger charge is -1.98. The predicted molar refractivity (Wildman–Crippen MR) is 56.6 cm³/mol. The van der Waals surface area contributed by atoms with Crippen molar-refractivity contribution in [3.8, 4) is 0 Å². The molecule has 2 nitrogen and oxygen atoms in total. The minimum Gasteiger partial charge on any atom is -0.272 e. The minimum absolute atomic E-state index is 1.02. The Bertz CT molecular complexity index is 323. The van der Waals surface area contributed by atoms with E-state index >= 15 is 0 Å². The van der Waals surface area contributed by atoms with Crippen molar-refractivity contribution in [1.82, 2.24) is 4.98 Å². The molecule has 0 amide bonds. The maximum Gasteiger partial charge on any atom is 0.0346 e. The Hall–Kier alpha value is -1.70. The highest BCUT2D eigenvalue weighted by atomic mass is 14.6. The van der Waals surface area contributed by atoms with E-state index < -0.39 is 0 Å². The molecular formula is C11H12N2. The molecular weight excluding hydrogens is 160 g/mol. The van der Waals surface area contributed by atoms with Crippen LogP contribution in [0.4, 0.5) is 0 Å². The quantitative estimate of drug-likeness (QED) is 0.508. The van der Waals surface area contributed by atoms with E-state index in [0.29, 0.717) is 0 Å². The lowest BCUT2D eigenvalue weighted by atomic mass is 10.1. The lowest BCUT2D eigenvalue weighted by Crippen LogP contribution is -1.81. The average molecular weight is 172 g/mol. The van der Waals surface area contributed by atoms with Crippen LogP contribution in [-0.4, -0.2) is 11.7 Å². The third-order valence-electron chi connectivity index (χ3n) is 1.57. The van der Waals surface area contributed by atoms with E-state index in [1.807, 2.05) is 31.2 Å². The molecule has 0 N–H and O–H groups in total. The van der Waals surface area contributed by atoms with E-state index in [2.05, 4.69) is 16.7 Å². The number of allylic oxidation sites excluding steroid dienone is 3. The van der Waals surface area contributed by atoms with Crippen LogP contribution in [0.1, 0.15) is 12.5 Å². The molecule has 1 aromatic heterocycles. The summed E-state index contributed by atoms with van der Waals surface area (Å²) in [6.07, 6.45) is 9.21. The van der Waals surface area contributed by atoms with E-state index in [0.717, 1.165) is 11.1 Å². The zero-order valence-electron chi connectivity index (χ0n) is 7.64. The summed E-state index contributed by atoms with van der Waals surface area (Å²) >= 11 is 0. The van der Waals surface area contributed by atoms with Crippen LogP contribution in [0, 0.1) is 0 Å². The Morgan fingerprint density at radius 1 is 1.62 bits per heavy atom. The lowest BCUT2D eigenvalue weighted by molar-refractivity contribution is 1.31. The summed E-state index contributed by atoms with van der Waals surface area (Å²) in [7, 11) is 0. The van der Waals surface area contributed by atoms with Crippen LogP contribution in [-0.2, 0) is 0 Å². The third kappa shape index (κ3) is 2.67. The molecule has 0 radical (unpaired) electrons. The van der Waals surface area contributed by atoms with Crippen LogP contribution in [0.25, 0.3) is 5.57 Å². The molecule has 0 saturated heterocycles. The topological polar surface area (TPSA) is 25.2 Å². The number of rotatable bonds is 3. The van der Waals surface area contributed by atoms with Gasteiger partial charge in [-0.15, -0.1) is 0 Å². The molecule has 0 spiro atoms. The summed E-state index contributed by atoms with van der Waals surface area (Å²) in [4.78, 5) is 7.77. The van der Waals surface area contributed by atoms with E-state index in [9.17, 15) is 0 Å². The van der Waals surface area contributed by atoms with Crippen molar-refractivity contribution in [2.24, 2.45) is 4.99 Å². The van der Waals surface area contributed by atoms with Gasteiger partial charge in [-0.1, -0.05) is 18.2 Å². The third-order valence-corrected chi connectivity index (χ3v) is 1.57. The van der Waals surface area contributed by atoms with Gasteiger partial charge in [0.15, 0.2) is 0 Å². The van der Waals surface area contributed by atoms with Crippen LogP contribution < -0.4 is 0 Å². The van der Waals surface area contributed by atoms with Gasteiger partial charge < -0.3 is 0 Å². The SMILES string of the molecule is C=N/C=C(\C=C/C)c1cccnc1. The fourth-order valence-electron chi connectivity index (χ4n) is 1.03. The standard InChI is InChI=1S/C11H12N2/c1-3-5-10(8-12-2)11-6-4-7-13-9-11/h3-9H,2H2,1H3/b5-3-,10-8+. The van der Waals surface area contributed by atoms with Crippen LogP contribution in [0.5, 0.6) is 0 Å². The first kappa shape index (κ1) is 9.39. The van der Waals surface area contributed by atoms with Gasteiger partial charge in [0.25, 0.3) is 0 Å². The number of aliphatic imine (C=N–C) groups is 1. The Kier molecular flexibility index (Phi) is 3.64. The van der Waals surface area contributed by atoms with Gasteiger partial charge in [-0.3, -0.25) is 9.98 Å². The van der Waals surface area contributed by atoms with Crippen molar-refractivity contribution < 1.29 is 0 Å². The van der Waals surface area contributed by atoms with Crippen LogP contribution >= 0.6 is 0 Å². The first-order valence-corrected chi connectivity index (χ1v) is 4.07. The molecule has 66 valence electrons. The number of hydrogen-bond acceptors (Lipinski definition) is 2. The van der Waals surface area contributed by atoms with E-state index in [4.69, 9.17) is 0 Å². The molecule has 1 aromatic rings. The fourth-order valence-corrected chi connectivity index (χ4v) is 1.03. The van der Waals surface area contributed by atoms with Crippen molar-refractivity contribution >= 4 is 12.3 Å². The van der Waals surface area contributed by atoms with Crippen LogP contribution in [0.2, 0.25) is 0 Å². The largest absolute Gasteiger partial charge is 0.272 e. The van der Waals surface area contributed by atoms with Crippen molar-refractivity contribution in [3.05, 3.63) is 48.4 Å². The second-order valence-corrected chi connectivity index (χ2v) is 2.51. The molecule has 0 aliphatic rings. The second-order valence-electron chi connectivity index (χ2n) is 2.51. The van der Waals surface area contributed by atoms with Crippen LogP contribution in [0.3, 0.4) is 0 Å². The summed E-state index contributed by atoms with van der Waals surface area (Å²) in [5, 5.41) is 0. The van der Waals surface area contributed by atoms with Gasteiger partial charge >= 0.3 is 0 Å². The van der Waals surface area contributed by atoms with Gasteiger partial charge in [0.05, 0.1) is 0 Å². The molecule has 0 atom stereocenters. The van der Waals surface area contributed by atoms with Gasteiger partial charge in [0.2, 0.25) is 0 Å². The Morgan fingerprint density at radius 3 is 3.00 bits per heavy atom. The Morgan fingerprint density at radius 2 is 2.46 bits per heavy atom. The molecule has 1 heterocycles. The molecule has 0 fully saturated rings. The van der Waals surface area contributed by atoms with Crippen molar-refractivity contribution in [2.75, 3.05) is 0 Å². The molecule has 13 heavy (non-hydrogen) atoms. The molecule has 2 heteroatoms. The molecule has 0 bridgehead atoms. The van der Waals surface area contributed by atoms with Gasteiger partial charge in [0.1, 0.15) is 0 Å². The maximum absolute atomic E-state index is 4.03. The second kappa shape index (κ2) is 5.04. The highest BCUT2D eigenvalue weighted by molar-refractivity contribution is 5.73. The number of hydrogen-bond donors (Lipinski definition) is 0. The zero-order valence-corrected chi connectivity index (χ0v) is 7.64. The first-order valence-electron chi connectivity index (χ1n) is 4.07. The summed E-state index contributed by atoms with van der Waals surface area (Å²) in [5.74, 6) is 0. The van der Waals surface area contributed by atoms with E-state index in [1.54, 1.807) is 18.6 Å². The molecule has 0 unspecified atom stereocenters. The summed E-state index contributed by atoms with van der Waals surface area (Å²) in [6, 6.07) is 3.89. The van der Waals surface area contributed by atoms with Crippen molar-refractivity contribution in [2.45, 2.75) is 6.92 Å². The van der Waals surface area contributed by atoms with Gasteiger partial charge in [-0.2, -0.15) is 0 Å². The van der Waals surface area contributed by atoms with Crippen molar-refractivity contribution in [3.63, 3.8) is 0 Å². The van der Waals surface area contributed by atoms with Crippen molar-refractivity contribution in [1.29, 1.82) is 0 Å².